The van der Waals surface area contributed by atoms with E-state index in [1.54, 1.807) is 24.4 Å². The van der Waals surface area contributed by atoms with Crippen molar-refractivity contribution in [1.29, 1.82) is 0 Å². The van der Waals surface area contributed by atoms with Crippen molar-refractivity contribution < 1.29 is 12.8 Å². The lowest BCUT2D eigenvalue weighted by Crippen LogP contribution is -2.11. The van der Waals surface area contributed by atoms with Gasteiger partial charge in [-0.1, -0.05) is 25.5 Å². The van der Waals surface area contributed by atoms with E-state index in [2.05, 4.69) is 11.9 Å². The Hall–Kier alpha value is -2.05. The van der Waals surface area contributed by atoms with Gasteiger partial charge in [-0.2, -0.15) is 4.39 Å². The monoisotopic (exact) mass is 346 g/mol. The van der Waals surface area contributed by atoms with Crippen molar-refractivity contribution in [2.75, 3.05) is 0 Å². The number of sulfonamides is 1. The summed E-state index contributed by atoms with van der Waals surface area (Å²) in [6.07, 6.45) is 4.44. The number of rotatable bonds is 4. The van der Waals surface area contributed by atoms with Gasteiger partial charge in [0, 0.05) is 6.20 Å². The molecule has 1 aliphatic carbocycles. The largest absolute Gasteiger partial charge is 0.238 e. The predicted molar refractivity (Wildman–Crippen MR) is 91.8 cm³/mol. The van der Waals surface area contributed by atoms with Gasteiger partial charge >= 0.3 is 0 Å². The van der Waals surface area contributed by atoms with Crippen LogP contribution in [0.3, 0.4) is 0 Å². The zero-order valence-electron chi connectivity index (χ0n) is 13.4. The van der Waals surface area contributed by atoms with E-state index in [4.69, 9.17) is 5.14 Å². The summed E-state index contributed by atoms with van der Waals surface area (Å²) in [6.45, 7) is 2.15. The molecule has 1 atom stereocenters. The summed E-state index contributed by atoms with van der Waals surface area (Å²) in [5, 5.41) is 5.15. The number of nitrogens with zero attached hydrogens (tertiary/aromatic N) is 1. The highest BCUT2D eigenvalue weighted by molar-refractivity contribution is 7.89. The standard InChI is InChI=1S/C18H19FN2O2S/c1-2-12-9-16(13-3-6-15(7-4-13)24(20,22)23)17(10-12)14-5-8-18(19)21-11-14/h3-8,11-12H,2,9-10H2,1H3,(H2,20,22,23). The zero-order chi connectivity index (χ0) is 17.3. The van der Waals surface area contributed by atoms with E-state index in [-0.39, 0.29) is 4.90 Å². The molecule has 3 rings (SSSR count). The van der Waals surface area contributed by atoms with Crippen LogP contribution in [0.25, 0.3) is 11.1 Å². The van der Waals surface area contributed by atoms with Gasteiger partial charge in [-0.3, -0.25) is 0 Å². The average Bonchev–Trinajstić information content (AvgIpc) is 2.99. The number of allylic oxidation sites excluding steroid dienone is 2. The van der Waals surface area contributed by atoms with Crippen LogP contribution in [-0.2, 0) is 10.0 Å². The van der Waals surface area contributed by atoms with Gasteiger partial charge in [-0.05, 0) is 65.3 Å². The quantitative estimate of drug-likeness (QED) is 0.860. The first-order chi connectivity index (χ1) is 11.4. The lowest BCUT2D eigenvalue weighted by Gasteiger charge is -2.09. The molecule has 0 saturated carbocycles. The molecule has 0 bridgehead atoms. The molecule has 126 valence electrons. The Balaban J connectivity index is 2.04. The van der Waals surface area contributed by atoms with Crippen LogP contribution in [0.5, 0.6) is 0 Å². The first kappa shape index (κ1) is 16.8. The van der Waals surface area contributed by atoms with Crippen molar-refractivity contribution >= 4 is 21.2 Å². The normalized spacial score (nSPS) is 18.2. The SMILES string of the molecule is CCC1CC(c2ccc(S(N)(=O)=O)cc2)=C(c2ccc(F)nc2)C1. The smallest absolute Gasteiger partial charge is 0.228 e. The fourth-order valence-corrected chi connectivity index (χ4v) is 3.68. The third-order valence-electron chi connectivity index (χ3n) is 4.53. The lowest BCUT2D eigenvalue weighted by atomic mass is 9.98. The number of benzene rings is 1. The number of pyridine rings is 1. The van der Waals surface area contributed by atoms with Gasteiger partial charge in [0.15, 0.2) is 0 Å². The summed E-state index contributed by atoms with van der Waals surface area (Å²) in [7, 11) is -3.70. The fourth-order valence-electron chi connectivity index (χ4n) is 3.17. The molecule has 1 heterocycles. The average molecular weight is 346 g/mol. The minimum atomic E-state index is -3.70. The van der Waals surface area contributed by atoms with E-state index >= 15 is 0 Å². The summed E-state index contributed by atoms with van der Waals surface area (Å²) in [4.78, 5) is 3.85. The van der Waals surface area contributed by atoms with Crippen LogP contribution in [0.1, 0.15) is 37.3 Å². The molecular formula is C18H19FN2O2S. The van der Waals surface area contributed by atoms with Crippen LogP contribution in [0.4, 0.5) is 4.39 Å². The van der Waals surface area contributed by atoms with Crippen LogP contribution >= 0.6 is 0 Å². The number of primary sulfonamides is 1. The number of hydrogen-bond donors (Lipinski definition) is 1. The molecule has 0 radical (unpaired) electrons. The van der Waals surface area contributed by atoms with Crippen LogP contribution in [0.15, 0.2) is 47.5 Å². The topological polar surface area (TPSA) is 73.1 Å². The van der Waals surface area contributed by atoms with Crippen molar-refractivity contribution in [3.63, 3.8) is 0 Å². The van der Waals surface area contributed by atoms with Crippen molar-refractivity contribution in [1.82, 2.24) is 4.98 Å². The highest BCUT2D eigenvalue weighted by Gasteiger charge is 2.25. The number of aromatic nitrogens is 1. The first-order valence-electron chi connectivity index (χ1n) is 7.85. The molecule has 0 spiro atoms. The molecule has 1 aliphatic rings. The highest BCUT2D eigenvalue weighted by atomic mass is 32.2. The van der Waals surface area contributed by atoms with Crippen LogP contribution < -0.4 is 5.14 Å². The zero-order valence-corrected chi connectivity index (χ0v) is 14.2. The van der Waals surface area contributed by atoms with Crippen LogP contribution in [-0.4, -0.2) is 13.4 Å². The Labute approximate surface area is 141 Å². The summed E-state index contributed by atoms with van der Waals surface area (Å²) in [6, 6.07) is 9.72. The molecule has 1 aromatic carbocycles. The van der Waals surface area contributed by atoms with Crippen molar-refractivity contribution in [2.24, 2.45) is 11.1 Å². The maximum atomic E-state index is 13.1. The predicted octanol–water partition coefficient (Wildman–Crippen LogP) is 3.60. The second kappa shape index (κ2) is 6.45. The van der Waals surface area contributed by atoms with Gasteiger partial charge in [-0.15, -0.1) is 0 Å². The van der Waals surface area contributed by atoms with Crippen LogP contribution in [0, 0.1) is 11.9 Å². The number of halogens is 1. The Bertz CT molecular complexity index is 872. The van der Waals surface area contributed by atoms with Gasteiger partial charge in [0.05, 0.1) is 4.90 Å². The summed E-state index contributed by atoms with van der Waals surface area (Å²) < 4.78 is 35.9. The molecule has 0 fully saturated rings. The molecule has 0 amide bonds. The Morgan fingerprint density at radius 3 is 2.17 bits per heavy atom. The third-order valence-corrected chi connectivity index (χ3v) is 5.46. The molecule has 1 aromatic heterocycles. The minimum Gasteiger partial charge on any atom is -0.228 e. The maximum Gasteiger partial charge on any atom is 0.238 e. The van der Waals surface area contributed by atoms with E-state index in [1.165, 1.54) is 18.2 Å². The molecule has 0 aliphatic heterocycles. The van der Waals surface area contributed by atoms with E-state index in [0.29, 0.717) is 5.92 Å². The fraction of sp³-hybridized carbons (Fsp3) is 0.278. The van der Waals surface area contributed by atoms with Crippen molar-refractivity contribution in [3.05, 3.63) is 59.7 Å². The number of hydrogen-bond acceptors (Lipinski definition) is 3. The molecule has 6 heteroatoms. The Morgan fingerprint density at radius 1 is 1.08 bits per heavy atom. The second-order valence-corrected chi connectivity index (χ2v) is 7.64. The van der Waals surface area contributed by atoms with Crippen molar-refractivity contribution in [2.45, 2.75) is 31.1 Å². The molecule has 1 unspecified atom stereocenters. The molecule has 0 saturated heterocycles. The van der Waals surface area contributed by atoms with Crippen LogP contribution in [0.2, 0.25) is 0 Å². The summed E-state index contributed by atoms with van der Waals surface area (Å²) in [5.41, 5.74) is 4.20. The molecule has 4 nitrogen and oxygen atoms in total. The van der Waals surface area contributed by atoms with Crippen molar-refractivity contribution in [3.8, 4) is 0 Å². The lowest BCUT2D eigenvalue weighted by molar-refractivity contribution is 0.558. The van der Waals surface area contributed by atoms with E-state index in [1.807, 2.05) is 0 Å². The van der Waals surface area contributed by atoms with E-state index in [0.717, 1.165) is 41.5 Å². The van der Waals surface area contributed by atoms with Gasteiger partial charge in [0.25, 0.3) is 0 Å². The van der Waals surface area contributed by atoms with E-state index in [9.17, 15) is 12.8 Å². The van der Waals surface area contributed by atoms with Gasteiger partial charge < -0.3 is 0 Å². The molecule has 2 N–H and O–H groups in total. The third kappa shape index (κ3) is 3.39. The van der Waals surface area contributed by atoms with Gasteiger partial charge in [0.1, 0.15) is 0 Å². The summed E-state index contributed by atoms with van der Waals surface area (Å²) >= 11 is 0. The molecule has 2 aromatic rings. The van der Waals surface area contributed by atoms with Gasteiger partial charge in [-0.25, -0.2) is 18.5 Å². The second-order valence-electron chi connectivity index (χ2n) is 6.08. The Morgan fingerprint density at radius 2 is 1.67 bits per heavy atom. The van der Waals surface area contributed by atoms with E-state index < -0.39 is 16.0 Å². The maximum absolute atomic E-state index is 13.1. The molecular weight excluding hydrogens is 327 g/mol. The first-order valence-corrected chi connectivity index (χ1v) is 9.40. The summed E-state index contributed by atoms with van der Waals surface area (Å²) in [5.74, 6) is 0.0291. The highest BCUT2D eigenvalue weighted by Crippen LogP contribution is 2.44. The van der Waals surface area contributed by atoms with Gasteiger partial charge in [0.2, 0.25) is 16.0 Å². The molecule has 24 heavy (non-hydrogen) atoms. The Kier molecular flexibility index (Phi) is 4.51. The number of nitrogens with two attached hydrogens (primary N) is 1. The minimum absolute atomic E-state index is 0.0990.